The second-order valence-electron chi connectivity index (χ2n) is 5.59. The van der Waals surface area contributed by atoms with Gasteiger partial charge in [-0.05, 0) is 48.5 Å². The Bertz CT molecular complexity index is 1100. The zero-order valence-electron chi connectivity index (χ0n) is 14.0. The van der Waals surface area contributed by atoms with Crippen molar-refractivity contribution < 1.29 is 17.6 Å². The molecule has 1 amide bonds. The molecule has 7 nitrogen and oxygen atoms in total. The fraction of sp³-hybridized carbons (Fsp3) is 0.0526. The van der Waals surface area contributed by atoms with Gasteiger partial charge in [-0.2, -0.15) is 5.26 Å². The van der Waals surface area contributed by atoms with Crippen LogP contribution in [0.4, 0.5) is 5.69 Å². The highest BCUT2D eigenvalue weighted by Crippen LogP contribution is 2.18. The Morgan fingerprint density at radius 2 is 1.89 bits per heavy atom. The van der Waals surface area contributed by atoms with E-state index in [0.29, 0.717) is 11.3 Å². The van der Waals surface area contributed by atoms with Crippen LogP contribution in [0.2, 0.25) is 0 Å². The lowest BCUT2D eigenvalue weighted by molar-refractivity contribution is 0.0948. The van der Waals surface area contributed by atoms with Crippen LogP contribution < -0.4 is 10.0 Å². The monoisotopic (exact) mass is 381 g/mol. The van der Waals surface area contributed by atoms with E-state index in [9.17, 15) is 13.2 Å². The Labute approximate surface area is 156 Å². The van der Waals surface area contributed by atoms with E-state index < -0.39 is 15.9 Å². The van der Waals surface area contributed by atoms with Crippen molar-refractivity contribution in [3.05, 3.63) is 83.8 Å². The van der Waals surface area contributed by atoms with Crippen molar-refractivity contribution in [2.45, 2.75) is 11.4 Å². The quantitative estimate of drug-likeness (QED) is 0.682. The molecule has 3 aromatic rings. The molecule has 2 aromatic carbocycles. The standard InChI is InChI=1S/C19H15N3O4S/c20-12-14-4-1-6-16(10-14)22-27(24,25)18-8-2-5-15(11-18)19(23)21-13-17-7-3-9-26-17/h1-11,22H,13H2,(H,21,23). The molecule has 1 aromatic heterocycles. The Morgan fingerprint density at radius 3 is 2.63 bits per heavy atom. The van der Waals surface area contributed by atoms with Crippen molar-refractivity contribution >= 4 is 21.6 Å². The van der Waals surface area contributed by atoms with E-state index in [4.69, 9.17) is 9.68 Å². The predicted octanol–water partition coefficient (Wildman–Crippen LogP) is 2.88. The molecule has 8 heteroatoms. The van der Waals surface area contributed by atoms with Gasteiger partial charge in [0.25, 0.3) is 15.9 Å². The summed E-state index contributed by atoms with van der Waals surface area (Å²) in [6.45, 7) is 0.196. The summed E-state index contributed by atoms with van der Waals surface area (Å²) >= 11 is 0. The maximum absolute atomic E-state index is 12.6. The lowest BCUT2D eigenvalue weighted by Gasteiger charge is -2.10. The summed E-state index contributed by atoms with van der Waals surface area (Å²) in [5, 5.41) is 11.6. The molecular formula is C19H15N3O4S. The van der Waals surface area contributed by atoms with Crippen LogP contribution in [-0.2, 0) is 16.6 Å². The summed E-state index contributed by atoms with van der Waals surface area (Å²) in [6.07, 6.45) is 1.50. The van der Waals surface area contributed by atoms with Gasteiger partial charge in [0, 0.05) is 5.56 Å². The molecule has 0 radical (unpaired) electrons. The highest BCUT2D eigenvalue weighted by molar-refractivity contribution is 7.92. The number of amides is 1. The minimum atomic E-state index is -3.91. The zero-order valence-corrected chi connectivity index (χ0v) is 14.9. The molecule has 0 bridgehead atoms. The Morgan fingerprint density at radius 1 is 1.07 bits per heavy atom. The third-order valence-corrected chi connectivity index (χ3v) is 5.03. The number of carbonyl (C=O) groups excluding carboxylic acids is 1. The normalized spacial score (nSPS) is 10.8. The number of benzene rings is 2. The van der Waals surface area contributed by atoms with Crippen LogP contribution in [0.5, 0.6) is 0 Å². The number of hydrogen-bond donors (Lipinski definition) is 2. The second kappa shape index (κ2) is 7.76. The molecule has 0 spiro atoms. The molecule has 0 saturated carbocycles. The first-order valence-corrected chi connectivity index (χ1v) is 9.40. The van der Waals surface area contributed by atoms with Gasteiger partial charge in [-0.1, -0.05) is 12.1 Å². The van der Waals surface area contributed by atoms with Crippen LogP contribution in [0.3, 0.4) is 0 Å². The summed E-state index contributed by atoms with van der Waals surface area (Å²) in [5.74, 6) is 0.168. The number of sulfonamides is 1. The topological polar surface area (TPSA) is 112 Å². The van der Waals surface area contributed by atoms with Gasteiger partial charge in [0.05, 0.1) is 35.0 Å². The van der Waals surface area contributed by atoms with E-state index in [0.717, 1.165) is 0 Å². The van der Waals surface area contributed by atoms with Crippen LogP contribution in [0, 0.1) is 11.3 Å². The average molecular weight is 381 g/mol. The number of anilines is 1. The zero-order chi connectivity index (χ0) is 19.3. The van der Waals surface area contributed by atoms with Crippen molar-refractivity contribution in [1.82, 2.24) is 5.32 Å². The van der Waals surface area contributed by atoms with E-state index in [1.165, 1.54) is 42.7 Å². The number of nitrogens with one attached hydrogen (secondary N) is 2. The van der Waals surface area contributed by atoms with Gasteiger partial charge < -0.3 is 9.73 Å². The fourth-order valence-corrected chi connectivity index (χ4v) is 3.45. The smallest absolute Gasteiger partial charge is 0.261 e. The molecule has 0 aliphatic carbocycles. The van der Waals surface area contributed by atoms with E-state index in [1.54, 1.807) is 24.3 Å². The van der Waals surface area contributed by atoms with Gasteiger partial charge in [-0.25, -0.2) is 8.42 Å². The molecule has 0 fully saturated rings. The van der Waals surface area contributed by atoms with E-state index >= 15 is 0 Å². The van der Waals surface area contributed by atoms with Crippen LogP contribution in [0.15, 0.2) is 76.2 Å². The highest BCUT2D eigenvalue weighted by Gasteiger charge is 2.17. The molecule has 2 N–H and O–H groups in total. The molecule has 136 valence electrons. The largest absolute Gasteiger partial charge is 0.467 e. The molecule has 3 rings (SSSR count). The van der Waals surface area contributed by atoms with Crippen LogP contribution in [-0.4, -0.2) is 14.3 Å². The van der Waals surface area contributed by atoms with Crippen molar-refractivity contribution in [2.24, 2.45) is 0 Å². The maximum atomic E-state index is 12.6. The van der Waals surface area contributed by atoms with Crippen molar-refractivity contribution in [3.8, 4) is 6.07 Å². The molecule has 0 atom stereocenters. The molecular weight excluding hydrogens is 366 g/mol. The SMILES string of the molecule is N#Cc1cccc(NS(=O)(=O)c2cccc(C(=O)NCc3ccco3)c2)c1. The van der Waals surface area contributed by atoms with Crippen LogP contribution in [0.25, 0.3) is 0 Å². The maximum Gasteiger partial charge on any atom is 0.261 e. The summed E-state index contributed by atoms with van der Waals surface area (Å²) < 4.78 is 32.7. The van der Waals surface area contributed by atoms with Gasteiger partial charge in [-0.15, -0.1) is 0 Å². The number of furan rings is 1. The first-order valence-electron chi connectivity index (χ1n) is 7.91. The van der Waals surface area contributed by atoms with Gasteiger partial charge in [0.15, 0.2) is 0 Å². The number of nitriles is 1. The van der Waals surface area contributed by atoms with Crippen molar-refractivity contribution in [3.63, 3.8) is 0 Å². The lowest BCUT2D eigenvalue weighted by Crippen LogP contribution is -2.23. The molecule has 0 aliphatic heterocycles. The van der Waals surface area contributed by atoms with Gasteiger partial charge >= 0.3 is 0 Å². The van der Waals surface area contributed by atoms with Gasteiger partial charge in [0.2, 0.25) is 0 Å². The lowest BCUT2D eigenvalue weighted by atomic mass is 10.2. The van der Waals surface area contributed by atoms with E-state index in [1.807, 2.05) is 6.07 Å². The van der Waals surface area contributed by atoms with E-state index in [-0.39, 0.29) is 22.7 Å². The Balaban J connectivity index is 1.77. The molecule has 1 heterocycles. The van der Waals surface area contributed by atoms with Crippen LogP contribution in [0.1, 0.15) is 21.7 Å². The predicted molar refractivity (Wildman–Crippen MR) is 98.3 cm³/mol. The van der Waals surface area contributed by atoms with Crippen molar-refractivity contribution in [2.75, 3.05) is 4.72 Å². The van der Waals surface area contributed by atoms with Crippen LogP contribution >= 0.6 is 0 Å². The summed E-state index contributed by atoms with van der Waals surface area (Å²) in [7, 11) is -3.91. The first-order chi connectivity index (χ1) is 13.0. The number of carbonyl (C=O) groups is 1. The minimum absolute atomic E-state index is 0.0597. The highest BCUT2D eigenvalue weighted by atomic mass is 32.2. The Kier molecular flexibility index (Phi) is 5.24. The average Bonchev–Trinajstić information content (AvgIpc) is 3.19. The van der Waals surface area contributed by atoms with Gasteiger partial charge in [0.1, 0.15) is 5.76 Å². The summed E-state index contributed by atoms with van der Waals surface area (Å²) in [6, 6.07) is 17.2. The Hall–Kier alpha value is -3.57. The number of rotatable bonds is 6. The third-order valence-electron chi connectivity index (χ3n) is 3.65. The third kappa shape index (κ3) is 4.54. The fourth-order valence-electron chi connectivity index (χ4n) is 2.35. The molecule has 0 unspecified atom stereocenters. The van der Waals surface area contributed by atoms with Gasteiger partial charge in [-0.3, -0.25) is 9.52 Å². The first kappa shape index (κ1) is 18.2. The minimum Gasteiger partial charge on any atom is -0.467 e. The molecule has 27 heavy (non-hydrogen) atoms. The second-order valence-corrected chi connectivity index (χ2v) is 7.27. The summed E-state index contributed by atoms with van der Waals surface area (Å²) in [5.41, 5.74) is 0.804. The molecule has 0 saturated heterocycles. The summed E-state index contributed by atoms with van der Waals surface area (Å²) in [4.78, 5) is 12.2. The molecule has 0 aliphatic rings. The van der Waals surface area contributed by atoms with Crippen molar-refractivity contribution in [1.29, 1.82) is 5.26 Å². The van der Waals surface area contributed by atoms with E-state index in [2.05, 4.69) is 10.0 Å². The number of nitrogens with zero attached hydrogens (tertiary/aromatic N) is 1. The number of hydrogen-bond acceptors (Lipinski definition) is 5.